The van der Waals surface area contributed by atoms with Gasteiger partial charge in [0, 0.05) is 0 Å². The van der Waals surface area contributed by atoms with Crippen LogP contribution in [0.1, 0.15) is 17.4 Å². The van der Waals surface area contributed by atoms with Gasteiger partial charge in [-0.3, -0.25) is 0 Å². The highest BCUT2D eigenvalue weighted by atomic mass is 16.5. The highest BCUT2D eigenvalue weighted by molar-refractivity contribution is 5.87. The Morgan fingerprint density at radius 2 is 2.67 bits per heavy atom. The van der Waals surface area contributed by atoms with Gasteiger partial charge in [-0.25, -0.2) is 9.79 Å². The maximum Gasteiger partial charge on any atom is 0.360 e. The molecule has 0 aliphatic carbocycles. The summed E-state index contributed by atoms with van der Waals surface area (Å²) in [5, 5.41) is 0. The summed E-state index contributed by atoms with van der Waals surface area (Å²) in [5.41, 5.74) is 0.110. The van der Waals surface area contributed by atoms with Crippen LogP contribution in [0.2, 0.25) is 0 Å². The van der Waals surface area contributed by atoms with Gasteiger partial charge in [0.2, 0.25) is 0 Å². The third-order valence-electron chi connectivity index (χ3n) is 1.11. The molecule has 0 atom stereocenters. The predicted molar refractivity (Wildman–Crippen MR) is 41.7 cm³/mol. The second-order valence-electron chi connectivity index (χ2n) is 1.89. The molecular weight excluding hydrogens is 160 g/mol. The quantitative estimate of drug-likeness (QED) is 0.502. The molecule has 0 aliphatic heterocycles. The first-order chi connectivity index (χ1) is 5.77. The summed E-state index contributed by atoms with van der Waals surface area (Å²) >= 11 is 0. The van der Waals surface area contributed by atoms with E-state index >= 15 is 0 Å². The van der Waals surface area contributed by atoms with E-state index in [1.54, 1.807) is 6.92 Å². The normalized spacial score (nSPS) is 9.42. The number of hydrogen-bond donors (Lipinski definition) is 0. The number of aliphatic imine (C=N–C) groups is 1. The molecule has 0 radical (unpaired) electrons. The number of rotatable bonds is 3. The fraction of sp³-hybridized carbons (Fsp3) is 0.286. The lowest BCUT2D eigenvalue weighted by Gasteiger charge is -1.94. The molecule has 0 N–H and O–H groups in total. The van der Waals surface area contributed by atoms with Crippen LogP contribution in [0.4, 0.5) is 6.01 Å². The second-order valence-corrected chi connectivity index (χ2v) is 1.89. The Hall–Kier alpha value is -1.65. The van der Waals surface area contributed by atoms with Crippen LogP contribution in [0.15, 0.2) is 15.7 Å². The van der Waals surface area contributed by atoms with Gasteiger partial charge >= 0.3 is 12.0 Å². The molecule has 1 heterocycles. The van der Waals surface area contributed by atoms with Gasteiger partial charge < -0.3 is 9.15 Å². The van der Waals surface area contributed by atoms with Crippen molar-refractivity contribution in [3.63, 3.8) is 0 Å². The van der Waals surface area contributed by atoms with Crippen molar-refractivity contribution < 1.29 is 13.9 Å². The van der Waals surface area contributed by atoms with Gasteiger partial charge in [0.15, 0.2) is 5.69 Å². The van der Waals surface area contributed by atoms with Gasteiger partial charge in [0.05, 0.1) is 6.61 Å². The highest BCUT2D eigenvalue weighted by Crippen LogP contribution is 2.10. The molecule has 0 aliphatic rings. The third-order valence-corrected chi connectivity index (χ3v) is 1.11. The number of aromatic nitrogens is 1. The zero-order valence-corrected chi connectivity index (χ0v) is 6.61. The smallest absolute Gasteiger partial charge is 0.360 e. The lowest BCUT2D eigenvalue weighted by molar-refractivity contribution is 0.0519. The summed E-state index contributed by atoms with van der Waals surface area (Å²) in [7, 11) is 0. The number of ether oxygens (including phenoxy) is 1. The average molecular weight is 168 g/mol. The molecule has 1 aromatic rings. The molecule has 0 saturated carbocycles. The van der Waals surface area contributed by atoms with Crippen LogP contribution < -0.4 is 0 Å². The Morgan fingerprint density at radius 3 is 3.17 bits per heavy atom. The van der Waals surface area contributed by atoms with Crippen LogP contribution in [-0.2, 0) is 4.74 Å². The number of nitrogens with zero attached hydrogens (tertiary/aromatic N) is 2. The summed E-state index contributed by atoms with van der Waals surface area (Å²) in [6.45, 7) is 5.21. The molecule has 0 bridgehead atoms. The van der Waals surface area contributed by atoms with Gasteiger partial charge in [-0.1, -0.05) is 0 Å². The van der Waals surface area contributed by atoms with Gasteiger partial charge in [0.25, 0.3) is 0 Å². The Morgan fingerprint density at radius 1 is 1.92 bits per heavy atom. The Balaban J connectivity index is 2.74. The molecular formula is C7H8N2O3. The van der Waals surface area contributed by atoms with Crippen molar-refractivity contribution in [3.05, 3.63) is 12.0 Å². The van der Waals surface area contributed by atoms with Crippen molar-refractivity contribution in [3.8, 4) is 0 Å². The lowest BCUT2D eigenvalue weighted by atomic mass is 10.5. The largest absolute Gasteiger partial charge is 0.461 e. The zero-order valence-electron chi connectivity index (χ0n) is 6.61. The summed E-state index contributed by atoms with van der Waals surface area (Å²) in [6.07, 6.45) is 1.18. The van der Waals surface area contributed by atoms with E-state index in [0.29, 0.717) is 6.61 Å². The van der Waals surface area contributed by atoms with Crippen LogP contribution in [0, 0.1) is 0 Å². The molecule has 0 amide bonds. The van der Waals surface area contributed by atoms with Crippen molar-refractivity contribution in [2.75, 3.05) is 6.61 Å². The summed E-state index contributed by atoms with van der Waals surface area (Å²) in [6, 6.07) is 0.0676. The highest BCUT2D eigenvalue weighted by Gasteiger charge is 2.11. The molecule has 5 heteroatoms. The molecule has 1 rings (SSSR count). The molecule has 1 aromatic heterocycles. The van der Waals surface area contributed by atoms with Crippen molar-refractivity contribution in [1.82, 2.24) is 4.98 Å². The van der Waals surface area contributed by atoms with Crippen LogP contribution in [0.5, 0.6) is 0 Å². The first-order valence-electron chi connectivity index (χ1n) is 3.37. The van der Waals surface area contributed by atoms with Gasteiger partial charge in [-0.2, -0.15) is 4.98 Å². The molecule has 5 nitrogen and oxygen atoms in total. The number of esters is 1. The predicted octanol–water partition coefficient (Wildman–Crippen LogP) is 1.18. The van der Waals surface area contributed by atoms with Crippen LogP contribution in [0.3, 0.4) is 0 Å². The number of hydrogen-bond acceptors (Lipinski definition) is 5. The molecule has 12 heavy (non-hydrogen) atoms. The number of carbonyl (C=O) groups is 1. The number of carbonyl (C=O) groups excluding carboxylic acids is 1. The Bertz CT molecular complexity index is 293. The van der Waals surface area contributed by atoms with Gasteiger partial charge in [-0.15, -0.1) is 0 Å². The van der Waals surface area contributed by atoms with Crippen molar-refractivity contribution in [2.45, 2.75) is 6.92 Å². The van der Waals surface area contributed by atoms with Crippen molar-refractivity contribution >= 4 is 18.7 Å². The molecule has 64 valence electrons. The Kier molecular flexibility index (Phi) is 2.57. The molecule has 0 fully saturated rings. The van der Waals surface area contributed by atoms with E-state index in [0.717, 1.165) is 0 Å². The van der Waals surface area contributed by atoms with E-state index < -0.39 is 5.97 Å². The van der Waals surface area contributed by atoms with Crippen LogP contribution >= 0.6 is 0 Å². The number of oxazole rings is 1. The summed E-state index contributed by atoms with van der Waals surface area (Å²) in [4.78, 5) is 18.0. The minimum atomic E-state index is -0.517. The van der Waals surface area contributed by atoms with Gasteiger partial charge in [-0.05, 0) is 13.6 Å². The van der Waals surface area contributed by atoms with E-state index in [2.05, 4.69) is 21.4 Å². The maximum atomic E-state index is 11.0. The van der Waals surface area contributed by atoms with Crippen molar-refractivity contribution in [1.29, 1.82) is 0 Å². The third kappa shape index (κ3) is 1.69. The fourth-order valence-electron chi connectivity index (χ4n) is 0.636. The second kappa shape index (κ2) is 3.66. The van der Waals surface area contributed by atoms with Gasteiger partial charge in [0.1, 0.15) is 6.26 Å². The lowest BCUT2D eigenvalue weighted by Crippen LogP contribution is -2.04. The average Bonchev–Trinajstić information content (AvgIpc) is 2.52. The molecule has 0 saturated heterocycles. The first-order valence-corrected chi connectivity index (χ1v) is 3.37. The van der Waals surface area contributed by atoms with E-state index in [-0.39, 0.29) is 11.7 Å². The van der Waals surface area contributed by atoms with Crippen LogP contribution in [0.25, 0.3) is 0 Å². The van der Waals surface area contributed by atoms with E-state index in [1.165, 1.54) is 6.26 Å². The minimum absolute atomic E-state index is 0.0676. The SMILES string of the molecule is C=Nc1nc(C(=O)OCC)co1. The topological polar surface area (TPSA) is 64.7 Å². The van der Waals surface area contributed by atoms with E-state index in [4.69, 9.17) is 4.42 Å². The summed E-state index contributed by atoms with van der Waals surface area (Å²) < 4.78 is 9.40. The monoisotopic (exact) mass is 168 g/mol. The fourth-order valence-corrected chi connectivity index (χ4v) is 0.636. The van der Waals surface area contributed by atoms with E-state index in [9.17, 15) is 4.79 Å². The Labute approximate surface area is 69.1 Å². The summed E-state index contributed by atoms with van der Waals surface area (Å²) in [5.74, 6) is -0.517. The zero-order chi connectivity index (χ0) is 8.97. The van der Waals surface area contributed by atoms with E-state index in [1.807, 2.05) is 0 Å². The standard InChI is InChI=1S/C7H8N2O3/c1-3-11-6(10)5-4-12-7(8-2)9-5/h4H,2-3H2,1H3. The molecule has 0 spiro atoms. The van der Waals surface area contributed by atoms with Crippen molar-refractivity contribution in [2.24, 2.45) is 4.99 Å². The molecule has 0 unspecified atom stereocenters. The first kappa shape index (κ1) is 8.45. The molecule has 0 aromatic carbocycles. The minimum Gasteiger partial charge on any atom is -0.461 e. The maximum absolute atomic E-state index is 11.0. The van der Waals surface area contributed by atoms with Crippen LogP contribution in [-0.4, -0.2) is 24.3 Å².